The van der Waals surface area contributed by atoms with Crippen LogP contribution in [-0.4, -0.2) is 27.7 Å². The maximum Gasteiger partial charge on any atom is 0.416 e. The quantitative estimate of drug-likeness (QED) is 0.218. The first kappa shape index (κ1) is 32.4. The third-order valence-electron chi connectivity index (χ3n) is 7.12. The maximum absolute atomic E-state index is 15.2. The van der Waals surface area contributed by atoms with Crippen molar-refractivity contribution in [3.05, 3.63) is 64.1 Å². The van der Waals surface area contributed by atoms with Gasteiger partial charge in [-0.25, -0.2) is 4.39 Å². The van der Waals surface area contributed by atoms with Gasteiger partial charge >= 0.3 is 6.18 Å². The number of nitrogens with one attached hydrogen (secondary N) is 3. The number of benzene rings is 1. The number of carbonyl (C=O) groups excluding carboxylic acids is 2. The van der Waals surface area contributed by atoms with Crippen molar-refractivity contribution >= 4 is 62.4 Å². The minimum atomic E-state index is -4.66. The SMILES string of the molecule is CCCc1cc(C(F)(F)F)cc(Nc2nsc3c(NC(=O)C4C(Cl)=CC=C(CNC(=O)C(C)(C)C)C4C)ccnc23)c1F. The Balaban J connectivity index is 1.57. The summed E-state index contributed by atoms with van der Waals surface area (Å²) in [5, 5.41) is 8.78. The lowest BCUT2D eigenvalue weighted by atomic mass is 9.82. The highest BCUT2D eigenvalue weighted by Gasteiger charge is 2.34. The largest absolute Gasteiger partial charge is 0.416 e. The Morgan fingerprint density at radius 3 is 2.49 bits per heavy atom. The van der Waals surface area contributed by atoms with E-state index in [1.165, 1.54) is 6.20 Å². The van der Waals surface area contributed by atoms with Crippen LogP contribution < -0.4 is 16.0 Å². The normalized spacial score (nSPS) is 17.3. The second kappa shape index (κ2) is 12.6. The Hall–Kier alpha value is -3.51. The van der Waals surface area contributed by atoms with E-state index in [4.69, 9.17) is 11.6 Å². The first-order valence-corrected chi connectivity index (χ1v) is 14.8. The van der Waals surface area contributed by atoms with Gasteiger partial charge in [-0.2, -0.15) is 17.5 Å². The van der Waals surface area contributed by atoms with Crippen LogP contribution in [0.4, 0.5) is 34.8 Å². The van der Waals surface area contributed by atoms with Crippen LogP contribution in [0.3, 0.4) is 0 Å². The predicted octanol–water partition coefficient (Wildman–Crippen LogP) is 7.96. The molecule has 2 heterocycles. The number of halogens is 5. The van der Waals surface area contributed by atoms with Crippen molar-refractivity contribution in [2.24, 2.45) is 17.3 Å². The number of aromatic nitrogens is 2. The average molecular weight is 638 g/mol. The third kappa shape index (κ3) is 7.18. The Morgan fingerprint density at radius 2 is 1.84 bits per heavy atom. The molecule has 2 atom stereocenters. The standard InChI is InChI=1S/C30H32ClF4N5O2S/c1-6-7-16-12-18(30(33,34)35)13-21(23(16)32)38-26-24-25(43-40-26)20(10-11-36-24)39-27(41)22-15(2)17(8-9-19(22)31)14-37-28(42)29(3,4)5/h8-13,15,22H,6-7,14H2,1-5H3,(H,37,42)(H,38,40)(H,36,39,41). The highest BCUT2D eigenvalue weighted by atomic mass is 35.5. The number of hydrogen-bond acceptors (Lipinski definition) is 6. The van der Waals surface area contributed by atoms with Gasteiger partial charge in [0.15, 0.2) is 5.82 Å². The molecule has 2 amide bonds. The van der Waals surface area contributed by atoms with Crippen LogP contribution in [0, 0.1) is 23.1 Å². The number of nitrogens with zero attached hydrogens (tertiary/aromatic N) is 2. The summed E-state index contributed by atoms with van der Waals surface area (Å²) >= 11 is 7.42. The summed E-state index contributed by atoms with van der Waals surface area (Å²) in [7, 11) is 0. The number of anilines is 3. The van der Waals surface area contributed by atoms with Crippen molar-refractivity contribution in [3.8, 4) is 0 Å². The van der Waals surface area contributed by atoms with E-state index < -0.39 is 34.8 Å². The molecular weight excluding hydrogens is 606 g/mol. The molecule has 1 aromatic carbocycles. The molecule has 0 radical (unpaired) electrons. The molecule has 4 rings (SSSR count). The Labute approximate surface area is 256 Å². The molecule has 1 aliphatic carbocycles. The van der Waals surface area contributed by atoms with Crippen LogP contribution in [-0.2, 0) is 22.2 Å². The molecule has 0 saturated heterocycles. The number of carbonyl (C=O) groups is 2. The van der Waals surface area contributed by atoms with Crippen LogP contribution in [0.1, 0.15) is 52.2 Å². The molecule has 0 saturated carbocycles. The van der Waals surface area contributed by atoms with Gasteiger partial charge in [0.25, 0.3) is 0 Å². The van der Waals surface area contributed by atoms with E-state index in [1.54, 1.807) is 25.1 Å². The number of allylic oxidation sites excluding steroid dienone is 2. The Kier molecular flexibility index (Phi) is 9.51. The van der Waals surface area contributed by atoms with E-state index in [0.29, 0.717) is 27.9 Å². The molecule has 3 aromatic rings. The summed E-state index contributed by atoms with van der Waals surface area (Å²) in [6.07, 6.45) is 0.780. The van der Waals surface area contributed by atoms with Crippen LogP contribution >= 0.6 is 23.1 Å². The molecule has 13 heteroatoms. The highest BCUT2D eigenvalue weighted by molar-refractivity contribution is 7.14. The number of fused-ring (bicyclic) bond motifs is 1. The van der Waals surface area contributed by atoms with Gasteiger partial charge in [-0.1, -0.05) is 58.7 Å². The van der Waals surface area contributed by atoms with E-state index in [-0.39, 0.29) is 47.4 Å². The van der Waals surface area contributed by atoms with Crippen LogP contribution in [0.15, 0.2) is 47.2 Å². The molecule has 0 spiro atoms. The average Bonchev–Trinajstić information content (AvgIpc) is 3.33. The lowest BCUT2D eigenvalue weighted by Gasteiger charge is -2.29. The molecule has 230 valence electrons. The van der Waals surface area contributed by atoms with Crippen LogP contribution in [0.25, 0.3) is 10.2 Å². The number of rotatable bonds is 8. The van der Waals surface area contributed by atoms with Gasteiger partial charge in [-0.05, 0) is 59.3 Å². The first-order valence-electron chi connectivity index (χ1n) is 13.7. The summed E-state index contributed by atoms with van der Waals surface area (Å²) in [4.78, 5) is 30.1. The topological polar surface area (TPSA) is 96.0 Å². The molecule has 2 unspecified atom stereocenters. The fourth-order valence-corrected chi connectivity index (χ4v) is 5.79. The van der Waals surface area contributed by atoms with Crippen molar-refractivity contribution < 1.29 is 27.2 Å². The number of pyridine rings is 1. The van der Waals surface area contributed by atoms with Gasteiger partial charge in [-0.3, -0.25) is 14.6 Å². The van der Waals surface area contributed by atoms with Crippen LogP contribution in [0.5, 0.6) is 0 Å². The van der Waals surface area contributed by atoms with E-state index in [1.807, 2.05) is 27.7 Å². The fraction of sp³-hybridized carbons (Fsp3) is 0.400. The Morgan fingerprint density at radius 1 is 1.12 bits per heavy atom. The minimum Gasteiger partial charge on any atom is -0.352 e. The summed E-state index contributed by atoms with van der Waals surface area (Å²) in [6, 6.07) is 3.09. The van der Waals surface area contributed by atoms with E-state index in [2.05, 4.69) is 25.3 Å². The van der Waals surface area contributed by atoms with Gasteiger partial charge in [0.2, 0.25) is 11.8 Å². The molecule has 0 fully saturated rings. The molecule has 7 nitrogen and oxygen atoms in total. The van der Waals surface area contributed by atoms with Gasteiger partial charge in [0.1, 0.15) is 11.3 Å². The van der Waals surface area contributed by atoms with Gasteiger partial charge in [0.05, 0.1) is 27.6 Å². The van der Waals surface area contributed by atoms with Crippen molar-refractivity contribution in [2.45, 2.75) is 53.6 Å². The molecule has 3 N–H and O–H groups in total. The number of aryl methyl sites for hydroxylation is 1. The van der Waals surface area contributed by atoms with E-state index in [0.717, 1.165) is 23.2 Å². The first-order chi connectivity index (χ1) is 20.1. The lowest BCUT2D eigenvalue weighted by molar-refractivity contribution is -0.137. The zero-order valence-electron chi connectivity index (χ0n) is 24.2. The second-order valence-electron chi connectivity index (χ2n) is 11.4. The third-order valence-corrected chi connectivity index (χ3v) is 8.35. The molecule has 2 aromatic heterocycles. The second-order valence-corrected chi connectivity index (χ2v) is 12.6. The van der Waals surface area contributed by atoms with E-state index >= 15 is 4.39 Å². The number of alkyl halides is 3. The smallest absolute Gasteiger partial charge is 0.352 e. The monoisotopic (exact) mass is 637 g/mol. The Bertz CT molecular complexity index is 1610. The van der Waals surface area contributed by atoms with Crippen molar-refractivity contribution in [2.75, 3.05) is 17.2 Å². The molecular formula is C30H32ClF4N5O2S. The molecule has 1 aliphatic rings. The summed E-state index contributed by atoms with van der Waals surface area (Å²) < 4.78 is 60.5. The summed E-state index contributed by atoms with van der Waals surface area (Å²) in [6.45, 7) is 9.29. The van der Waals surface area contributed by atoms with Gasteiger partial charge in [-0.15, -0.1) is 0 Å². The van der Waals surface area contributed by atoms with Gasteiger partial charge < -0.3 is 16.0 Å². The lowest BCUT2D eigenvalue weighted by Crippen LogP contribution is -2.39. The number of hydrogen-bond donors (Lipinski definition) is 3. The van der Waals surface area contributed by atoms with Gasteiger partial charge in [0, 0.05) is 23.2 Å². The highest BCUT2D eigenvalue weighted by Crippen LogP contribution is 2.39. The molecule has 0 aliphatic heterocycles. The maximum atomic E-state index is 15.2. The minimum absolute atomic E-state index is 0.0561. The van der Waals surface area contributed by atoms with Crippen LogP contribution in [0.2, 0.25) is 0 Å². The summed E-state index contributed by atoms with van der Waals surface area (Å²) in [5.41, 5.74) is -0.519. The molecule has 0 bridgehead atoms. The van der Waals surface area contributed by atoms with Crippen molar-refractivity contribution in [1.82, 2.24) is 14.7 Å². The summed E-state index contributed by atoms with van der Waals surface area (Å²) in [5.74, 6) is -2.32. The zero-order valence-corrected chi connectivity index (χ0v) is 25.8. The number of amides is 2. The zero-order chi connectivity index (χ0) is 31.7. The van der Waals surface area contributed by atoms with Crippen molar-refractivity contribution in [1.29, 1.82) is 0 Å². The fourth-order valence-electron chi connectivity index (χ4n) is 4.67. The van der Waals surface area contributed by atoms with Crippen molar-refractivity contribution in [3.63, 3.8) is 0 Å². The van der Waals surface area contributed by atoms with E-state index in [9.17, 15) is 22.8 Å². The molecule has 43 heavy (non-hydrogen) atoms. The predicted molar refractivity (Wildman–Crippen MR) is 162 cm³/mol.